The van der Waals surface area contributed by atoms with Gasteiger partial charge in [-0.05, 0) is 37.0 Å². The molecule has 0 radical (unpaired) electrons. The van der Waals surface area contributed by atoms with Crippen LogP contribution < -0.4 is 14.8 Å². The summed E-state index contributed by atoms with van der Waals surface area (Å²) >= 11 is 0. The molecule has 1 aliphatic rings. The smallest absolute Gasteiger partial charge is 0.220 e. The van der Waals surface area contributed by atoms with Crippen molar-refractivity contribution in [2.45, 2.75) is 38.3 Å². The molecule has 0 saturated carbocycles. The molecule has 26 heavy (non-hydrogen) atoms. The van der Waals surface area contributed by atoms with Gasteiger partial charge in [0.1, 0.15) is 11.5 Å². The summed E-state index contributed by atoms with van der Waals surface area (Å²) in [4.78, 5) is 16.2. The highest BCUT2D eigenvalue weighted by atomic mass is 16.5. The van der Waals surface area contributed by atoms with Crippen molar-refractivity contribution >= 4 is 5.91 Å². The standard InChI is InChI=1S/C20H24N2O4/c1-24-17-4-2-5-18(12-17)26-20-10-7-15(14-22-20)13-21-19(23)9-8-16-6-3-11-25-16/h2,4-5,7,10,12,14,16H,3,6,8-9,11,13H2,1H3,(H,21,23)/t16-/m0/s1. The summed E-state index contributed by atoms with van der Waals surface area (Å²) in [5.74, 6) is 1.92. The number of methoxy groups -OCH3 is 1. The molecule has 1 aromatic heterocycles. The highest BCUT2D eigenvalue weighted by Crippen LogP contribution is 2.23. The minimum absolute atomic E-state index is 0.0391. The summed E-state index contributed by atoms with van der Waals surface area (Å²) in [6.45, 7) is 1.28. The van der Waals surface area contributed by atoms with Crippen LogP contribution in [-0.2, 0) is 16.1 Å². The van der Waals surface area contributed by atoms with Crippen LogP contribution in [0.15, 0.2) is 42.6 Å². The molecule has 2 aromatic rings. The number of nitrogens with zero attached hydrogens (tertiary/aromatic N) is 1. The van der Waals surface area contributed by atoms with Gasteiger partial charge in [-0.15, -0.1) is 0 Å². The molecule has 6 nitrogen and oxygen atoms in total. The maximum atomic E-state index is 11.9. The Morgan fingerprint density at radius 1 is 1.31 bits per heavy atom. The van der Waals surface area contributed by atoms with E-state index >= 15 is 0 Å². The molecule has 1 aliphatic heterocycles. The Morgan fingerprint density at radius 2 is 2.19 bits per heavy atom. The highest BCUT2D eigenvalue weighted by Gasteiger charge is 2.16. The predicted octanol–water partition coefficient (Wildman–Crippen LogP) is 3.46. The minimum atomic E-state index is 0.0391. The Hall–Kier alpha value is -2.60. The monoisotopic (exact) mass is 356 g/mol. The topological polar surface area (TPSA) is 69.7 Å². The fourth-order valence-electron chi connectivity index (χ4n) is 2.81. The van der Waals surface area contributed by atoms with Gasteiger partial charge in [0.25, 0.3) is 0 Å². The second-order valence-electron chi connectivity index (χ2n) is 6.24. The second-order valence-corrected chi connectivity index (χ2v) is 6.24. The zero-order chi connectivity index (χ0) is 18.2. The maximum Gasteiger partial charge on any atom is 0.220 e. The average molecular weight is 356 g/mol. The lowest BCUT2D eigenvalue weighted by molar-refractivity contribution is -0.121. The molecule has 1 saturated heterocycles. The molecule has 3 rings (SSSR count). The van der Waals surface area contributed by atoms with E-state index in [4.69, 9.17) is 14.2 Å². The van der Waals surface area contributed by atoms with Crippen LogP contribution in [0.3, 0.4) is 0 Å². The Morgan fingerprint density at radius 3 is 2.92 bits per heavy atom. The first-order valence-electron chi connectivity index (χ1n) is 8.88. The number of rotatable bonds is 8. The number of carbonyl (C=O) groups is 1. The molecule has 0 spiro atoms. The third-order valence-corrected chi connectivity index (χ3v) is 4.27. The molecule has 1 N–H and O–H groups in total. The van der Waals surface area contributed by atoms with Crippen LogP contribution in [0, 0.1) is 0 Å². The summed E-state index contributed by atoms with van der Waals surface area (Å²) < 4.78 is 16.4. The molecule has 0 aliphatic carbocycles. The van der Waals surface area contributed by atoms with E-state index in [1.165, 1.54) is 0 Å². The summed E-state index contributed by atoms with van der Waals surface area (Å²) in [5, 5.41) is 2.92. The van der Waals surface area contributed by atoms with Gasteiger partial charge in [-0.25, -0.2) is 4.98 Å². The molecule has 0 unspecified atom stereocenters. The van der Waals surface area contributed by atoms with E-state index in [2.05, 4.69) is 10.3 Å². The number of benzene rings is 1. The number of hydrogen-bond donors (Lipinski definition) is 1. The van der Waals surface area contributed by atoms with Gasteiger partial charge in [0.05, 0.1) is 13.2 Å². The number of hydrogen-bond acceptors (Lipinski definition) is 5. The zero-order valence-corrected chi connectivity index (χ0v) is 14.9. The summed E-state index contributed by atoms with van der Waals surface area (Å²) in [6, 6.07) is 11.0. The van der Waals surface area contributed by atoms with Crippen molar-refractivity contribution in [1.82, 2.24) is 10.3 Å². The van der Waals surface area contributed by atoms with Crippen LogP contribution in [-0.4, -0.2) is 30.7 Å². The van der Waals surface area contributed by atoms with Gasteiger partial charge in [0, 0.05) is 37.9 Å². The average Bonchev–Trinajstić information content (AvgIpc) is 3.19. The first kappa shape index (κ1) is 18.2. The summed E-state index contributed by atoms with van der Waals surface area (Å²) in [6.07, 6.45) is 5.40. The molecule has 1 atom stereocenters. The minimum Gasteiger partial charge on any atom is -0.497 e. The van der Waals surface area contributed by atoms with E-state index in [0.717, 1.165) is 37.2 Å². The Balaban J connectivity index is 1.44. The highest BCUT2D eigenvalue weighted by molar-refractivity contribution is 5.75. The van der Waals surface area contributed by atoms with Crippen molar-refractivity contribution in [3.8, 4) is 17.4 Å². The molecule has 0 bridgehead atoms. The number of aromatic nitrogens is 1. The van der Waals surface area contributed by atoms with E-state index in [1.54, 1.807) is 25.4 Å². The van der Waals surface area contributed by atoms with Gasteiger partial charge in [0.15, 0.2) is 0 Å². The normalized spacial score (nSPS) is 16.3. The van der Waals surface area contributed by atoms with Gasteiger partial charge in [-0.1, -0.05) is 12.1 Å². The van der Waals surface area contributed by atoms with Gasteiger partial charge < -0.3 is 19.5 Å². The summed E-state index contributed by atoms with van der Waals surface area (Å²) in [7, 11) is 1.61. The Kier molecular flexibility index (Phi) is 6.44. The Labute approximate surface area is 153 Å². The van der Waals surface area contributed by atoms with E-state index in [-0.39, 0.29) is 12.0 Å². The number of ether oxygens (including phenoxy) is 3. The summed E-state index contributed by atoms with van der Waals surface area (Å²) in [5.41, 5.74) is 0.924. The quantitative estimate of drug-likeness (QED) is 0.784. The fraction of sp³-hybridized carbons (Fsp3) is 0.400. The first-order valence-corrected chi connectivity index (χ1v) is 8.88. The number of carbonyl (C=O) groups excluding carboxylic acids is 1. The zero-order valence-electron chi connectivity index (χ0n) is 14.9. The van der Waals surface area contributed by atoms with Gasteiger partial charge in [0.2, 0.25) is 11.8 Å². The predicted molar refractivity (Wildman–Crippen MR) is 97.4 cm³/mol. The van der Waals surface area contributed by atoms with E-state index in [1.807, 2.05) is 24.3 Å². The van der Waals surface area contributed by atoms with Crippen molar-refractivity contribution in [1.29, 1.82) is 0 Å². The lowest BCUT2D eigenvalue weighted by Crippen LogP contribution is -2.23. The van der Waals surface area contributed by atoms with Crippen molar-refractivity contribution < 1.29 is 19.0 Å². The van der Waals surface area contributed by atoms with Crippen molar-refractivity contribution in [2.75, 3.05) is 13.7 Å². The van der Waals surface area contributed by atoms with Gasteiger partial charge in [-0.2, -0.15) is 0 Å². The maximum absolute atomic E-state index is 11.9. The molecule has 1 amide bonds. The number of pyridine rings is 1. The van der Waals surface area contributed by atoms with Crippen molar-refractivity contribution in [3.63, 3.8) is 0 Å². The second kappa shape index (κ2) is 9.20. The number of nitrogens with one attached hydrogen (secondary N) is 1. The van der Waals surface area contributed by atoms with E-state index in [9.17, 15) is 4.79 Å². The van der Waals surface area contributed by atoms with Gasteiger partial charge >= 0.3 is 0 Å². The van der Waals surface area contributed by atoms with Crippen LogP contribution in [0.2, 0.25) is 0 Å². The third kappa shape index (κ3) is 5.46. The van der Waals surface area contributed by atoms with Crippen LogP contribution in [0.4, 0.5) is 0 Å². The van der Waals surface area contributed by atoms with Crippen molar-refractivity contribution in [3.05, 3.63) is 48.2 Å². The largest absolute Gasteiger partial charge is 0.497 e. The Bertz CT molecular complexity index is 712. The molecular weight excluding hydrogens is 332 g/mol. The fourth-order valence-corrected chi connectivity index (χ4v) is 2.81. The van der Waals surface area contributed by atoms with Gasteiger partial charge in [-0.3, -0.25) is 4.79 Å². The van der Waals surface area contributed by atoms with Crippen LogP contribution in [0.25, 0.3) is 0 Å². The number of amides is 1. The SMILES string of the molecule is COc1cccc(Oc2ccc(CNC(=O)CC[C@@H]3CCCO3)cn2)c1. The van der Waals surface area contributed by atoms with E-state index < -0.39 is 0 Å². The first-order chi connectivity index (χ1) is 12.7. The van der Waals surface area contributed by atoms with Crippen LogP contribution in [0.5, 0.6) is 17.4 Å². The van der Waals surface area contributed by atoms with Crippen molar-refractivity contribution in [2.24, 2.45) is 0 Å². The lowest BCUT2D eigenvalue weighted by Gasteiger charge is -2.10. The molecule has 6 heteroatoms. The molecular formula is C20H24N2O4. The van der Waals surface area contributed by atoms with Crippen LogP contribution in [0.1, 0.15) is 31.2 Å². The molecule has 1 fully saturated rings. The third-order valence-electron chi connectivity index (χ3n) is 4.27. The lowest BCUT2D eigenvalue weighted by atomic mass is 10.1. The molecule has 138 valence electrons. The van der Waals surface area contributed by atoms with E-state index in [0.29, 0.717) is 24.6 Å². The van der Waals surface area contributed by atoms with Crippen LogP contribution >= 0.6 is 0 Å². The molecule has 1 aromatic carbocycles. The molecule has 2 heterocycles.